The Bertz CT molecular complexity index is 669. The van der Waals surface area contributed by atoms with Crippen molar-refractivity contribution in [3.63, 3.8) is 0 Å². The summed E-state index contributed by atoms with van der Waals surface area (Å²) in [6.45, 7) is 5.98. The maximum absolute atomic E-state index is 12.2. The number of aliphatic hydroxyl groups excluding tert-OH is 1. The fourth-order valence-electron chi connectivity index (χ4n) is 4.57. The smallest absolute Gasteiger partial charge is 0.260 e. The number of carbonyl (C=O) groups is 1. The second-order valence-electron chi connectivity index (χ2n) is 8.59. The zero-order valence-corrected chi connectivity index (χ0v) is 17.9. The molecular formula is C23H36N2O4. The summed E-state index contributed by atoms with van der Waals surface area (Å²) in [4.78, 5) is 14.1. The number of likely N-dealkylation sites (tertiary alicyclic amines) is 1. The molecule has 0 radical (unpaired) electrons. The topological polar surface area (TPSA) is 71.0 Å². The van der Waals surface area contributed by atoms with Crippen LogP contribution >= 0.6 is 0 Å². The molecule has 0 unspecified atom stereocenters. The van der Waals surface area contributed by atoms with Crippen LogP contribution in [0.1, 0.15) is 51.0 Å². The zero-order chi connectivity index (χ0) is 20.7. The molecule has 1 heterocycles. The van der Waals surface area contributed by atoms with E-state index < -0.39 is 0 Å². The van der Waals surface area contributed by atoms with Crippen molar-refractivity contribution < 1.29 is 19.4 Å². The Labute approximate surface area is 174 Å². The van der Waals surface area contributed by atoms with E-state index in [-0.39, 0.29) is 19.1 Å². The van der Waals surface area contributed by atoms with Gasteiger partial charge in [-0.15, -0.1) is 0 Å². The van der Waals surface area contributed by atoms with E-state index >= 15 is 0 Å². The standard InChI is InChI=1S/C23H36N2O4/c1-18(8-13-26)23(9-5-10-23)17-24-15-19-6-7-20(21(14-19)28-2)29-16-22(27)25-11-3-4-12-25/h6-7,14,18,24,26H,3-5,8-13,15-17H2,1-2H3/t18-/m1/s1. The molecule has 29 heavy (non-hydrogen) atoms. The van der Waals surface area contributed by atoms with Crippen molar-refractivity contribution in [2.75, 3.05) is 40.0 Å². The van der Waals surface area contributed by atoms with Gasteiger partial charge in [-0.2, -0.15) is 0 Å². The van der Waals surface area contributed by atoms with Gasteiger partial charge in [0.2, 0.25) is 0 Å². The average Bonchev–Trinajstić information content (AvgIpc) is 3.23. The van der Waals surface area contributed by atoms with Crippen LogP contribution in [0.5, 0.6) is 11.5 Å². The van der Waals surface area contributed by atoms with Gasteiger partial charge >= 0.3 is 0 Å². The van der Waals surface area contributed by atoms with Gasteiger partial charge in [0.15, 0.2) is 18.1 Å². The Morgan fingerprint density at radius 1 is 1.24 bits per heavy atom. The van der Waals surface area contributed by atoms with Crippen molar-refractivity contribution in [1.29, 1.82) is 0 Å². The number of nitrogens with zero attached hydrogens (tertiary/aromatic N) is 1. The fraction of sp³-hybridized carbons (Fsp3) is 0.696. The highest BCUT2D eigenvalue weighted by Crippen LogP contribution is 2.47. The zero-order valence-electron chi connectivity index (χ0n) is 17.9. The number of carbonyl (C=O) groups excluding carboxylic acids is 1. The Kier molecular flexibility index (Phi) is 7.78. The number of hydrogen-bond donors (Lipinski definition) is 2. The third-order valence-electron chi connectivity index (χ3n) is 6.80. The van der Waals surface area contributed by atoms with E-state index in [9.17, 15) is 9.90 Å². The van der Waals surface area contributed by atoms with Gasteiger partial charge < -0.3 is 24.8 Å². The number of rotatable bonds is 11. The molecule has 0 spiro atoms. The summed E-state index contributed by atoms with van der Waals surface area (Å²) in [6, 6.07) is 5.89. The van der Waals surface area contributed by atoms with Gasteiger partial charge in [-0.05, 0) is 61.1 Å². The number of hydrogen-bond acceptors (Lipinski definition) is 5. The third kappa shape index (κ3) is 5.43. The van der Waals surface area contributed by atoms with Gasteiger partial charge in [-0.1, -0.05) is 19.4 Å². The van der Waals surface area contributed by atoms with Crippen molar-refractivity contribution in [3.05, 3.63) is 23.8 Å². The number of ether oxygens (including phenoxy) is 2. The minimum atomic E-state index is 0.0399. The van der Waals surface area contributed by atoms with Crippen LogP contribution < -0.4 is 14.8 Å². The lowest BCUT2D eigenvalue weighted by atomic mass is 9.60. The van der Waals surface area contributed by atoms with Crippen LogP contribution in [0.3, 0.4) is 0 Å². The highest BCUT2D eigenvalue weighted by atomic mass is 16.5. The number of benzene rings is 1. The predicted molar refractivity (Wildman–Crippen MR) is 113 cm³/mol. The average molecular weight is 405 g/mol. The van der Waals surface area contributed by atoms with Crippen molar-refractivity contribution in [2.45, 2.75) is 52.0 Å². The van der Waals surface area contributed by atoms with Crippen LogP contribution in [0.2, 0.25) is 0 Å². The van der Waals surface area contributed by atoms with Gasteiger partial charge in [0.1, 0.15) is 0 Å². The minimum absolute atomic E-state index is 0.0399. The Morgan fingerprint density at radius 3 is 2.62 bits per heavy atom. The molecule has 162 valence electrons. The molecule has 0 bridgehead atoms. The normalized spacial score (nSPS) is 18.9. The lowest BCUT2D eigenvalue weighted by Crippen LogP contribution is -2.44. The number of nitrogens with one attached hydrogen (secondary N) is 1. The van der Waals surface area contributed by atoms with E-state index in [2.05, 4.69) is 12.2 Å². The van der Waals surface area contributed by atoms with E-state index in [0.717, 1.165) is 51.0 Å². The predicted octanol–water partition coefficient (Wildman–Crippen LogP) is 2.97. The first-order valence-corrected chi connectivity index (χ1v) is 11.0. The summed E-state index contributed by atoms with van der Waals surface area (Å²) in [5, 5.41) is 12.9. The lowest BCUT2D eigenvalue weighted by Gasteiger charge is -2.47. The molecular weight excluding hydrogens is 368 g/mol. The van der Waals surface area contributed by atoms with Gasteiger partial charge in [-0.25, -0.2) is 0 Å². The second-order valence-corrected chi connectivity index (χ2v) is 8.59. The van der Waals surface area contributed by atoms with Crippen molar-refractivity contribution in [1.82, 2.24) is 10.2 Å². The summed E-state index contributed by atoms with van der Waals surface area (Å²) < 4.78 is 11.2. The quantitative estimate of drug-likeness (QED) is 0.593. The highest BCUT2D eigenvalue weighted by molar-refractivity contribution is 5.78. The van der Waals surface area contributed by atoms with Crippen LogP contribution in [0.25, 0.3) is 0 Å². The lowest BCUT2D eigenvalue weighted by molar-refractivity contribution is -0.132. The molecule has 1 aliphatic carbocycles. The number of amides is 1. The molecule has 0 aromatic heterocycles. The van der Waals surface area contributed by atoms with E-state index in [4.69, 9.17) is 9.47 Å². The largest absolute Gasteiger partial charge is 0.493 e. The maximum Gasteiger partial charge on any atom is 0.260 e. The van der Waals surface area contributed by atoms with E-state index in [1.54, 1.807) is 7.11 Å². The van der Waals surface area contributed by atoms with Crippen LogP contribution in [-0.2, 0) is 11.3 Å². The van der Waals surface area contributed by atoms with E-state index in [1.165, 1.54) is 19.3 Å². The van der Waals surface area contributed by atoms with Crippen LogP contribution in [0, 0.1) is 11.3 Å². The van der Waals surface area contributed by atoms with Gasteiger partial charge in [0, 0.05) is 32.8 Å². The Hall–Kier alpha value is -1.79. The second kappa shape index (κ2) is 10.3. The first-order chi connectivity index (χ1) is 14.1. The van der Waals surface area contributed by atoms with Crippen LogP contribution in [0.15, 0.2) is 18.2 Å². The molecule has 1 saturated heterocycles. The summed E-state index contributed by atoms with van der Waals surface area (Å²) in [6.07, 6.45) is 6.80. The Morgan fingerprint density at radius 2 is 2.00 bits per heavy atom. The van der Waals surface area contributed by atoms with Gasteiger partial charge in [0.05, 0.1) is 7.11 Å². The number of methoxy groups -OCH3 is 1. The molecule has 2 N–H and O–H groups in total. The maximum atomic E-state index is 12.2. The summed E-state index contributed by atoms with van der Waals surface area (Å²) in [7, 11) is 1.63. The van der Waals surface area contributed by atoms with E-state index in [0.29, 0.717) is 22.8 Å². The molecule has 1 aliphatic heterocycles. The molecule has 1 amide bonds. The molecule has 6 heteroatoms. The number of aliphatic hydroxyl groups is 1. The minimum Gasteiger partial charge on any atom is -0.493 e. The molecule has 3 rings (SSSR count). The molecule has 2 fully saturated rings. The molecule has 6 nitrogen and oxygen atoms in total. The summed E-state index contributed by atoms with van der Waals surface area (Å²) in [5.74, 6) is 1.84. The molecule has 1 atom stereocenters. The molecule has 1 saturated carbocycles. The van der Waals surface area contributed by atoms with Crippen molar-refractivity contribution in [2.24, 2.45) is 11.3 Å². The van der Waals surface area contributed by atoms with E-state index in [1.807, 2.05) is 23.1 Å². The molecule has 2 aliphatic rings. The highest BCUT2D eigenvalue weighted by Gasteiger charge is 2.40. The first-order valence-electron chi connectivity index (χ1n) is 11.0. The fourth-order valence-corrected chi connectivity index (χ4v) is 4.57. The molecule has 1 aromatic carbocycles. The van der Waals surface area contributed by atoms with Crippen molar-refractivity contribution in [3.8, 4) is 11.5 Å². The third-order valence-corrected chi connectivity index (χ3v) is 6.80. The monoisotopic (exact) mass is 404 g/mol. The summed E-state index contributed by atoms with van der Waals surface area (Å²) >= 11 is 0. The van der Waals surface area contributed by atoms with Gasteiger partial charge in [0.25, 0.3) is 5.91 Å². The van der Waals surface area contributed by atoms with Crippen molar-refractivity contribution >= 4 is 5.91 Å². The van der Waals surface area contributed by atoms with Crippen LogP contribution in [0.4, 0.5) is 0 Å². The SMILES string of the molecule is COc1cc(CNCC2([C@H](C)CCO)CCC2)ccc1OCC(=O)N1CCCC1. The van der Waals surface area contributed by atoms with Gasteiger partial charge in [-0.3, -0.25) is 4.79 Å². The molecule has 1 aromatic rings. The summed E-state index contributed by atoms with van der Waals surface area (Å²) in [5.41, 5.74) is 1.45. The first kappa shape index (κ1) is 21.9. The Balaban J connectivity index is 1.51. The van der Waals surface area contributed by atoms with Crippen LogP contribution in [-0.4, -0.2) is 55.9 Å².